The highest BCUT2D eigenvalue weighted by Gasteiger charge is 2.14. The Morgan fingerprint density at radius 3 is 2.53 bits per heavy atom. The third-order valence-electron chi connectivity index (χ3n) is 2.42. The third-order valence-corrected chi connectivity index (χ3v) is 2.42. The summed E-state index contributed by atoms with van der Waals surface area (Å²) in [7, 11) is 0. The molecule has 1 aromatic heterocycles. The molecule has 5 nitrogen and oxygen atoms in total. The summed E-state index contributed by atoms with van der Waals surface area (Å²) in [5.41, 5.74) is 7.42. The molecule has 0 saturated carbocycles. The molecule has 5 heteroatoms. The van der Waals surface area contributed by atoms with E-state index in [1.54, 1.807) is 0 Å². The molecule has 1 aromatic rings. The van der Waals surface area contributed by atoms with Gasteiger partial charge in [0.15, 0.2) is 0 Å². The van der Waals surface area contributed by atoms with E-state index in [0.717, 1.165) is 24.2 Å². The van der Waals surface area contributed by atoms with Crippen LogP contribution in [0.15, 0.2) is 6.07 Å². The molecule has 17 heavy (non-hydrogen) atoms. The zero-order valence-electron chi connectivity index (χ0n) is 10.7. The summed E-state index contributed by atoms with van der Waals surface area (Å²) >= 11 is 0. The molecule has 0 spiro atoms. The topological polar surface area (TPSA) is 80.9 Å². The molecule has 0 aliphatic heterocycles. The highest BCUT2D eigenvalue weighted by atomic mass is 16.2. The summed E-state index contributed by atoms with van der Waals surface area (Å²) < 4.78 is 0. The van der Waals surface area contributed by atoms with E-state index < -0.39 is 6.04 Å². The zero-order chi connectivity index (χ0) is 12.8. The van der Waals surface area contributed by atoms with E-state index in [1.165, 1.54) is 0 Å². The van der Waals surface area contributed by atoms with Gasteiger partial charge < -0.3 is 5.73 Å². The largest absolute Gasteiger partial charge is 0.320 e. The summed E-state index contributed by atoms with van der Waals surface area (Å²) in [4.78, 5) is 20.0. The van der Waals surface area contributed by atoms with Gasteiger partial charge in [0.25, 0.3) is 0 Å². The number of nitrogens with zero attached hydrogens (tertiary/aromatic N) is 2. The molecule has 0 aliphatic carbocycles. The summed E-state index contributed by atoms with van der Waals surface area (Å²) in [6.07, 6.45) is 2.66. The average molecular weight is 236 g/mol. The van der Waals surface area contributed by atoms with Gasteiger partial charge in [0, 0.05) is 11.4 Å². The van der Waals surface area contributed by atoms with Gasteiger partial charge in [0.1, 0.15) is 0 Å². The lowest BCUT2D eigenvalue weighted by molar-refractivity contribution is -0.117. The first-order chi connectivity index (χ1) is 8.02. The third kappa shape index (κ3) is 4.48. The normalized spacial score (nSPS) is 12.2. The van der Waals surface area contributed by atoms with Crippen molar-refractivity contribution in [1.82, 2.24) is 9.97 Å². The van der Waals surface area contributed by atoms with Crippen LogP contribution in [0.4, 0.5) is 5.95 Å². The van der Waals surface area contributed by atoms with Crippen molar-refractivity contribution in [1.29, 1.82) is 0 Å². The van der Waals surface area contributed by atoms with Crippen molar-refractivity contribution in [3.8, 4) is 0 Å². The van der Waals surface area contributed by atoms with Crippen molar-refractivity contribution in [3.63, 3.8) is 0 Å². The van der Waals surface area contributed by atoms with E-state index in [-0.39, 0.29) is 5.91 Å². The molecule has 1 rings (SSSR count). The molecule has 0 unspecified atom stereocenters. The van der Waals surface area contributed by atoms with Crippen LogP contribution in [0.1, 0.15) is 37.6 Å². The summed E-state index contributed by atoms with van der Waals surface area (Å²) in [5, 5.41) is 2.65. The Hall–Kier alpha value is -1.49. The van der Waals surface area contributed by atoms with Crippen molar-refractivity contribution < 1.29 is 4.79 Å². The second kappa shape index (κ2) is 6.30. The second-order valence-corrected chi connectivity index (χ2v) is 4.21. The number of amides is 1. The highest BCUT2D eigenvalue weighted by molar-refractivity contribution is 5.93. The van der Waals surface area contributed by atoms with Crippen LogP contribution in [-0.2, 0) is 4.79 Å². The number of hydrogen-bond acceptors (Lipinski definition) is 4. The Kier molecular flexibility index (Phi) is 5.03. The Balaban J connectivity index is 2.61. The monoisotopic (exact) mass is 236 g/mol. The fraction of sp³-hybridized carbons (Fsp3) is 0.583. The van der Waals surface area contributed by atoms with E-state index in [2.05, 4.69) is 22.2 Å². The Morgan fingerprint density at radius 1 is 1.41 bits per heavy atom. The number of nitrogens with one attached hydrogen (secondary N) is 1. The van der Waals surface area contributed by atoms with Gasteiger partial charge in [-0.05, 0) is 26.3 Å². The molecule has 0 radical (unpaired) electrons. The maximum absolute atomic E-state index is 11.7. The average Bonchev–Trinajstić information content (AvgIpc) is 2.24. The first-order valence-electron chi connectivity index (χ1n) is 5.91. The van der Waals surface area contributed by atoms with E-state index in [9.17, 15) is 4.79 Å². The zero-order valence-corrected chi connectivity index (χ0v) is 10.7. The molecular formula is C12H20N4O. The van der Waals surface area contributed by atoms with Crippen LogP contribution < -0.4 is 11.1 Å². The summed E-state index contributed by atoms with van der Waals surface area (Å²) in [6.45, 7) is 5.79. The van der Waals surface area contributed by atoms with Crippen LogP contribution in [0.5, 0.6) is 0 Å². The Labute approximate surface area is 102 Å². The maximum atomic E-state index is 11.7. The van der Waals surface area contributed by atoms with Crippen LogP contribution in [0, 0.1) is 13.8 Å². The first-order valence-corrected chi connectivity index (χ1v) is 5.91. The number of aryl methyl sites for hydroxylation is 2. The van der Waals surface area contributed by atoms with Crippen LogP contribution in [0.2, 0.25) is 0 Å². The fourth-order valence-corrected chi connectivity index (χ4v) is 1.54. The molecule has 1 atom stereocenters. The number of anilines is 1. The molecule has 0 aromatic carbocycles. The van der Waals surface area contributed by atoms with Gasteiger partial charge in [0.2, 0.25) is 11.9 Å². The predicted molar refractivity (Wildman–Crippen MR) is 67.6 cm³/mol. The molecule has 94 valence electrons. The van der Waals surface area contributed by atoms with Gasteiger partial charge in [-0.15, -0.1) is 0 Å². The molecule has 3 N–H and O–H groups in total. The molecule has 1 heterocycles. The van der Waals surface area contributed by atoms with Crippen molar-refractivity contribution in [3.05, 3.63) is 17.5 Å². The number of carbonyl (C=O) groups excluding carboxylic acids is 1. The van der Waals surface area contributed by atoms with Crippen molar-refractivity contribution >= 4 is 11.9 Å². The smallest absolute Gasteiger partial charge is 0.243 e. The Bertz CT molecular complexity index is 372. The minimum absolute atomic E-state index is 0.219. The molecule has 0 saturated heterocycles. The molecule has 0 fully saturated rings. The lowest BCUT2D eigenvalue weighted by Gasteiger charge is -2.11. The summed E-state index contributed by atoms with van der Waals surface area (Å²) in [6, 6.07) is 1.37. The number of hydrogen-bond donors (Lipinski definition) is 2. The standard InChI is InChI=1S/C12H20N4O/c1-4-5-6-10(13)11(17)16-12-14-8(2)7-9(3)15-12/h7,10H,4-6,13H2,1-3H3,(H,14,15,16,17)/t10-/m0/s1. The van der Waals surface area contributed by atoms with E-state index >= 15 is 0 Å². The van der Waals surface area contributed by atoms with Crippen LogP contribution in [0.25, 0.3) is 0 Å². The van der Waals surface area contributed by atoms with Crippen LogP contribution >= 0.6 is 0 Å². The van der Waals surface area contributed by atoms with Crippen LogP contribution in [-0.4, -0.2) is 21.9 Å². The van der Waals surface area contributed by atoms with E-state index in [4.69, 9.17) is 5.73 Å². The first kappa shape index (κ1) is 13.6. The minimum Gasteiger partial charge on any atom is -0.320 e. The van der Waals surface area contributed by atoms with Gasteiger partial charge in [0.05, 0.1) is 6.04 Å². The maximum Gasteiger partial charge on any atom is 0.243 e. The van der Waals surface area contributed by atoms with Crippen LogP contribution in [0.3, 0.4) is 0 Å². The highest BCUT2D eigenvalue weighted by Crippen LogP contribution is 2.05. The molecule has 1 amide bonds. The fourth-order valence-electron chi connectivity index (χ4n) is 1.54. The molecule has 0 bridgehead atoms. The number of nitrogens with two attached hydrogens (primary N) is 1. The SMILES string of the molecule is CCCC[C@H](N)C(=O)Nc1nc(C)cc(C)n1. The Morgan fingerprint density at radius 2 is 2.00 bits per heavy atom. The predicted octanol–water partition coefficient (Wildman–Crippen LogP) is 1.55. The van der Waals surface area contributed by atoms with E-state index in [0.29, 0.717) is 12.4 Å². The quantitative estimate of drug-likeness (QED) is 0.812. The van der Waals surface area contributed by atoms with Gasteiger partial charge in [-0.25, -0.2) is 9.97 Å². The van der Waals surface area contributed by atoms with Gasteiger partial charge in [-0.1, -0.05) is 19.8 Å². The number of rotatable bonds is 5. The van der Waals surface area contributed by atoms with Gasteiger partial charge in [-0.2, -0.15) is 0 Å². The number of unbranched alkanes of at least 4 members (excludes halogenated alkanes) is 1. The molecule has 0 aliphatic rings. The van der Waals surface area contributed by atoms with E-state index in [1.807, 2.05) is 19.9 Å². The van der Waals surface area contributed by atoms with Crippen molar-refractivity contribution in [2.45, 2.75) is 46.1 Å². The second-order valence-electron chi connectivity index (χ2n) is 4.21. The lowest BCUT2D eigenvalue weighted by Crippen LogP contribution is -2.36. The summed E-state index contributed by atoms with van der Waals surface area (Å²) in [5.74, 6) is 0.114. The van der Waals surface area contributed by atoms with Gasteiger partial charge >= 0.3 is 0 Å². The number of carbonyl (C=O) groups is 1. The minimum atomic E-state index is -0.487. The van der Waals surface area contributed by atoms with Crippen molar-refractivity contribution in [2.75, 3.05) is 5.32 Å². The molecular weight excluding hydrogens is 216 g/mol. The number of aromatic nitrogens is 2. The van der Waals surface area contributed by atoms with Crippen molar-refractivity contribution in [2.24, 2.45) is 5.73 Å². The van der Waals surface area contributed by atoms with Gasteiger partial charge in [-0.3, -0.25) is 10.1 Å². The lowest BCUT2D eigenvalue weighted by atomic mass is 10.1.